The molecule has 0 spiro atoms. The van der Waals surface area contributed by atoms with Crippen LogP contribution in [0.1, 0.15) is 26.3 Å². The van der Waals surface area contributed by atoms with Crippen molar-refractivity contribution in [3.63, 3.8) is 0 Å². The summed E-state index contributed by atoms with van der Waals surface area (Å²) in [5, 5.41) is 2.51. The van der Waals surface area contributed by atoms with Crippen molar-refractivity contribution in [2.24, 2.45) is 0 Å². The van der Waals surface area contributed by atoms with E-state index < -0.39 is 0 Å². The summed E-state index contributed by atoms with van der Waals surface area (Å²) in [6.45, 7) is 6.81. The van der Waals surface area contributed by atoms with E-state index in [9.17, 15) is 0 Å². The number of H-pyrrole nitrogens is 1. The lowest BCUT2D eigenvalue weighted by Gasteiger charge is -2.28. The molecule has 6 rings (SSSR count). The zero-order chi connectivity index (χ0) is 24.7. The Hall–Kier alpha value is -4.30. The number of aromatic nitrogens is 1. The molecule has 0 saturated carbocycles. The molecule has 0 fully saturated rings. The Labute approximate surface area is 212 Å². The van der Waals surface area contributed by atoms with E-state index >= 15 is 0 Å². The van der Waals surface area contributed by atoms with Gasteiger partial charge in [0, 0.05) is 38.7 Å². The molecule has 0 aliphatic carbocycles. The lowest BCUT2D eigenvalue weighted by Crippen LogP contribution is -2.11. The minimum Gasteiger partial charge on any atom is -0.355 e. The molecule has 0 atom stereocenters. The van der Waals surface area contributed by atoms with Gasteiger partial charge in [-0.25, -0.2) is 0 Å². The lowest BCUT2D eigenvalue weighted by atomic mass is 9.86. The maximum absolute atomic E-state index is 3.62. The Kier molecular flexibility index (Phi) is 5.38. The van der Waals surface area contributed by atoms with Gasteiger partial charge < -0.3 is 9.88 Å². The Balaban J connectivity index is 1.59. The summed E-state index contributed by atoms with van der Waals surface area (Å²) in [5.41, 5.74) is 9.61. The van der Waals surface area contributed by atoms with Gasteiger partial charge >= 0.3 is 0 Å². The maximum Gasteiger partial charge on any atom is 0.0540 e. The van der Waals surface area contributed by atoms with Crippen LogP contribution in [0.25, 0.3) is 32.9 Å². The van der Waals surface area contributed by atoms with Gasteiger partial charge in [-0.3, -0.25) is 0 Å². The molecule has 0 bridgehead atoms. The predicted octanol–water partition coefficient (Wildman–Crippen LogP) is 9.76. The van der Waals surface area contributed by atoms with E-state index in [0.717, 1.165) is 22.6 Å². The van der Waals surface area contributed by atoms with E-state index in [1.807, 2.05) is 0 Å². The second kappa shape index (κ2) is 8.73. The highest BCUT2D eigenvalue weighted by Crippen LogP contribution is 2.42. The van der Waals surface area contributed by atoms with Gasteiger partial charge in [-0.2, -0.15) is 0 Å². The topological polar surface area (TPSA) is 19.0 Å². The van der Waals surface area contributed by atoms with Crippen LogP contribution in [0.4, 0.5) is 17.1 Å². The summed E-state index contributed by atoms with van der Waals surface area (Å²) >= 11 is 0. The monoisotopic (exact) mass is 466 g/mol. The first-order valence-electron chi connectivity index (χ1n) is 12.5. The number of nitrogens with one attached hydrogen (secondary N) is 1. The molecule has 1 heterocycles. The number of nitrogens with zero attached hydrogens (tertiary/aromatic N) is 1. The third-order valence-corrected chi connectivity index (χ3v) is 6.95. The SMILES string of the molecule is CC(C)(C)c1ccc2[nH]c3ccc(N(c4ccccc4)c4ccccc4-c4ccccc4)cc3c2c1. The van der Waals surface area contributed by atoms with Gasteiger partial charge in [-0.05, 0) is 65.1 Å². The Morgan fingerprint density at radius 3 is 1.89 bits per heavy atom. The molecule has 0 saturated heterocycles. The van der Waals surface area contributed by atoms with Gasteiger partial charge in [-0.15, -0.1) is 0 Å². The first-order valence-corrected chi connectivity index (χ1v) is 12.5. The van der Waals surface area contributed by atoms with Gasteiger partial charge in [0.15, 0.2) is 0 Å². The summed E-state index contributed by atoms with van der Waals surface area (Å²) in [7, 11) is 0. The number of benzene rings is 5. The highest BCUT2D eigenvalue weighted by atomic mass is 15.1. The number of rotatable bonds is 4. The molecule has 6 aromatic rings. The zero-order valence-corrected chi connectivity index (χ0v) is 21.0. The summed E-state index contributed by atoms with van der Waals surface area (Å²) in [4.78, 5) is 5.99. The highest BCUT2D eigenvalue weighted by Gasteiger charge is 2.19. The number of fused-ring (bicyclic) bond motifs is 3. The number of anilines is 3. The van der Waals surface area contributed by atoms with Crippen molar-refractivity contribution in [1.29, 1.82) is 0 Å². The second-order valence-electron chi connectivity index (χ2n) is 10.4. The van der Waals surface area contributed by atoms with Crippen LogP contribution in [-0.2, 0) is 5.41 Å². The third kappa shape index (κ3) is 3.95. The van der Waals surface area contributed by atoms with E-state index in [4.69, 9.17) is 0 Å². The van der Waals surface area contributed by atoms with Gasteiger partial charge in [0.25, 0.3) is 0 Å². The largest absolute Gasteiger partial charge is 0.355 e. The van der Waals surface area contributed by atoms with E-state index in [1.54, 1.807) is 0 Å². The van der Waals surface area contributed by atoms with Crippen LogP contribution in [0.15, 0.2) is 121 Å². The average Bonchev–Trinajstić information content (AvgIpc) is 3.27. The number of aromatic amines is 1. The third-order valence-electron chi connectivity index (χ3n) is 6.95. The fraction of sp³-hybridized carbons (Fsp3) is 0.118. The first kappa shape index (κ1) is 22.2. The summed E-state index contributed by atoms with van der Waals surface area (Å²) in [5.74, 6) is 0. The van der Waals surface area contributed by atoms with Crippen molar-refractivity contribution in [3.8, 4) is 11.1 Å². The number of hydrogen-bond donors (Lipinski definition) is 1. The van der Waals surface area contributed by atoms with E-state index in [2.05, 4.69) is 152 Å². The first-order chi connectivity index (χ1) is 17.5. The molecule has 5 aromatic carbocycles. The summed E-state index contributed by atoms with van der Waals surface area (Å²) in [6, 6.07) is 43.5. The molecule has 2 nitrogen and oxygen atoms in total. The zero-order valence-electron chi connectivity index (χ0n) is 21.0. The van der Waals surface area contributed by atoms with Gasteiger partial charge in [-0.1, -0.05) is 93.6 Å². The summed E-state index contributed by atoms with van der Waals surface area (Å²) < 4.78 is 0. The van der Waals surface area contributed by atoms with Crippen molar-refractivity contribution in [2.45, 2.75) is 26.2 Å². The minimum atomic E-state index is 0.0973. The lowest BCUT2D eigenvalue weighted by molar-refractivity contribution is 0.591. The minimum absolute atomic E-state index is 0.0973. The molecule has 1 aromatic heterocycles. The molecule has 0 amide bonds. The van der Waals surface area contributed by atoms with Crippen LogP contribution in [0.5, 0.6) is 0 Å². The number of para-hydroxylation sites is 2. The van der Waals surface area contributed by atoms with Crippen molar-refractivity contribution in [2.75, 3.05) is 4.90 Å². The van der Waals surface area contributed by atoms with Crippen LogP contribution >= 0.6 is 0 Å². The smallest absolute Gasteiger partial charge is 0.0540 e. The number of hydrogen-bond acceptors (Lipinski definition) is 1. The fourth-order valence-electron chi connectivity index (χ4n) is 5.03. The Morgan fingerprint density at radius 1 is 0.556 bits per heavy atom. The van der Waals surface area contributed by atoms with Gasteiger partial charge in [0.2, 0.25) is 0 Å². The molecule has 0 aliphatic rings. The van der Waals surface area contributed by atoms with Crippen molar-refractivity contribution < 1.29 is 0 Å². The molecule has 36 heavy (non-hydrogen) atoms. The van der Waals surface area contributed by atoms with E-state index in [0.29, 0.717) is 0 Å². The van der Waals surface area contributed by atoms with Crippen molar-refractivity contribution in [3.05, 3.63) is 127 Å². The van der Waals surface area contributed by atoms with Crippen LogP contribution < -0.4 is 4.90 Å². The van der Waals surface area contributed by atoms with Gasteiger partial charge in [0.05, 0.1) is 5.69 Å². The molecule has 0 aliphatic heterocycles. The van der Waals surface area contributed by atoms with Crippen molar-refractivity contribution in [1.82, 2.24) is 4.98 Å². The standard InChI is InChI=1S/C34H30N2/c1-34(2,3)25-18-20-31-29(22-25)30-23-27(19-21-32(30)35-31)36(26-14-8-5-9-15-26)33-17-11-10-16-28(33)24-12-6-4-7-13-24/h4-23,35H,1-3H3. The Bertz CT molecular complexity index is 1650. The molecular formula is C34H30N2. The van der Waals surface area contributed by atoms with E-state index in [-0.39, 0.29) is 5.41 Å². The average molecular weight is 467 g/mol. The van der Waals surface area contributed by atoms with Gasteiger partial charge in [0.1, 0.15) is 0 Å². The molecule has 176 valence electrons. The predicted molar refractivity (Wildman–Crippen MR) is 155 cm³/mol. The van der Waals surface area contributed by atoms with Crippen molar-refractivity contribution >= 4 is 38.9 Å². The maximum atomic E-state index is 3.62. The molecule has 2 heteroatoms. The molecular weight excluding hydrogens is 436 g/mol. The fourth-order valence-corrected chi connectivity index (χ4v) is 5.03. The van der Waals surface area contributed by atoms with Crippen LogP contribution in [0, 0.1) is 0 Å². The molecule has 0 radical (unpaired) electrons. The van der Waals surface area contributed by atoms with Crippen LogP contribution in [-0.4, -0.2) is 4.98 Å². The highest BCUT2D eigenvalue weighted by molar-refractivity contribution is 6.09. The summed E-state index contributed by atoms with van der Waals surface area (Å²) in [6.07, 6.45) is 0. The van der Waals surface area contributed by atoms with E-state index in [1.165, 1.54) is 33.0 Å². The normalized spacial score (nSPS) is 11.8. The second-order valence-corrected chi connectivity index (χ2v) is 10.4. The Morgan fingerprint density at radius 2 is 1.17 bits per heavy atom. The molecule has 1 N–H and O–H groups in total. The molecule has 0 unspecified atom stereocenters. The van der Waals surface area contributed by atoms with Crippen LogP contribution in [0.3, 0.4) is 0 Å². The quantitative estimate of drug-likeness (QED) is 0.274. The van der Waals surface area contributed by atoms with Crippen LogP contribution in [0.2, 0.25) is 0 Å².